The summed E-state index contributed by atoms with van der Waals surface area (Å²) in [5, 5.41) is 0.186. The van der Waals surface area contributed by atoms with E-state index in [-0.39, 0.29) is 5.04 Å². The third-order valence-electron chi connectivity index (χ3n) is 4.30. The molecule has 0 saturated heterocycles. The van der Waals surface area contributed by atoms with E-state index in [1.165, 1.54) is 0 Å². The van der Waals surface area contributed by atoms with Crippen molar-refractivity contribution in [2.45, 2.75) is 69.5 Å². The van der Waals surface area contributed by atoms with E-state index in [1.54, 1.807) is 0 Å². The summed E-state index contributed by atoms with van der Waals surface area (Å²) in [6.45, 7) is 18.2. The molecule has 1 unspecified atom stereocenters. The van der Waals surface area contributed by atoms with Gasteiger partial charge in [-0.3, -0.25) is 4.21 Å². The van der Waals surface area contributed by atoms with Crippen molar-refractivity contribution in [3.63, 3.8) is 0 Å². The topological polar surface area (TPSA) is 26.3 Å². The SMILES string of the molecule is CC(C)(C)[Si](C)(C)Oc1ccc(S(=O)CC[Si](C)(C)C)cc1. The zero-order chi connectivity index (χ0) is 17.2. The Bertz CT molecular complexity index is 511. The first-order chi connectivity index (χ1) is 9.82. The fourth-order valence-electron chi connectivity index (χ4n) is 1.62. The van der Waals surface area contributed by atoms with Crippen LogP contribution in [0.25, 0.3) is 0 Å². The molecule has 0 spiro atoms. The Labute approximate surface area is 141 Å². The summed E-state index contributed by atoms with van der Waals surface area (Å²) >= 11 is 0. The van der Waals surface area contributed by atoms with Gasteiger partial charge in [0, 0.05) is 18.7 Å². The average Bonchev–Trinajstić information content (AvgIpc) is 2.34. The van der Waals surface area contributed by atoms with E-state index in [0.29, 0.717) is 0 Å². The fraction of sp³-hybridized carbons (Fsp3) is 0.647. The minimum atomic E-state index is -1.80. The zero-order valence-electron chi connectivity index (χ0n) is 15.4. The lowest BCUT2D eigenvalue weighted by atomic mass is 10.2. The van der Waals surface area contributed by atoms with Crippen LogP contribution in [0.1, 0.15) is 20.8 Å². The average molecular weight is 357 g/mol. The zero-order valence-corrected chi connectivity index (χ0v) is 18.3. The fourth-order valence-corrected chi connectivity index (χ4v) is 6.52. The lowest BCUT2D eigenvalue weighted by molar-refractivity contribution is 0.492. The second kappa shape index (κ2) is 7.01. The van der Waals surface area contributed by atoms with Crippen molar-refractivity contribution in [2.24, 2.45) is 0 Å². The first-order valence-corrected chi connectivity index (χ1v) is 15.9. The van der Waals surface area contributed by atoms with Gasteiger partial charge >= 0.3 is 0 Å². The van der Waals surface area contributed by atoms with Gasteiger partial charge in [-0.15, -0.1) is 0 Å². The predicted molar refractivity (Wildman–Crippen MR) is 104 cm³/mol. The minimum absolute atomic E-state index is 0.186. The third kappa shape index (κ3) is 6.01. The van der Waals surface area contributed by atoms with E-state index in [4.69, 9.17) is 4.43 Å². The predicted octanol–water partition coefficient (Wildman–Crippen LogP) is 5.52. The molecule has 0 aliphatic heterocycles. The first kappa shape index (κ1) is 19.7. The monoisotopic (exact) mass is 356 g/mol. The molecule has 0 N–H and O–H groups in total. The molecule has 1 aromatic rings. The molecule has 0 bridgehead atoms. The highest BCUT2D eigenvalue weighted by molar-refractivity contribution is 7.85. The molecule has 0 amide bonds. The van der Waals surface area contributed by atoms with Gasteiger partial charge < -0.3 is 4.43 Å². The standard InChI is InChI=1S/C17H32O2SSi2/c1-17(2,3)22(7,8)19-15-9-11-16(12-10-15)20(18)13-14-21(4,5)6/h9-12H,13-14H2,1-8H3. The molecule has 0 aliphatic rings. The highest BCUT2D eigenvalue weighted by atomic mass is 32.2. The van der Waals surface area contributed by atoms with Crippen LogP contribution >= 0.6 is 0 Å². The maximum Gasteiger partial charge on any atom is 0.250 e. The second-order valence-electron chi connectivity index (χ2n) is 8.69. The molecule has 126 valence electrons. The minimum Gasteiger partial charge on any atom is -0.544 e. The molecule has 0 aromatic heterocycles. The van der Waals surface area contributed by atoms with Crippen molar-refractivity contribution in [3.05, 3.63) is 24.3 Å². The Morgan fingerprint density at radius 2 is 1.50 bits per heavy atom. The van der Waals surface area contributed by atoms with Crippen LogP contribution in [-0.2, 0) is 10.8 Å². The molecular formula is C17H32O2SSi2. The van der Waals surface area contributed by atoms with Crippen LogP contribution in [0.3, 0.4) is 0 Å². The smallest absolute Gasteiger partial charge is 0.250 e. The van der Waals surface area contributed by atoms with Crippen molar-refractivity contribution in [2.75, 3.05) is 5.75 Å². The number of hydrogen-bond donors (Lipinski definition) is 0. The summed E-state index contributed by atoms with van der Waals surface area (Å²) in [5.41, 5.74) is 0. The van der Waals surface area contributed by atoms with Gasteiger partial charge in [0.05, 0.1) is 10.8 Å². The van der Waals surface area contributed by atoms with Gasteiger partial charge in [0.2, 0.25) is 8.32 Å². The lowest BCUT2D eigenvalue weighted by Gasteiger charge is -2.36. The Morgan fingerprint density at radius 1 is 1.00 bits per heavy atom. The lowest BCUT2D eigenvalue weighted by Crippen LogP contribution is -2.43. The number of rotatable bonds is 6. The summed E-state index contributed by atoms with van der Waals surface area (Å²) < 4.78 is 18.6. The molecule has 1 aromatic carbocycles. The molecule has 5 heteroatoms. The van der Waals surface area contributed by atoms with Crippen LogP contribution in [-0.4, -0.2) is 26.4 Å². The molecule has 0 fully saturated rings. The molecule has 0 saturated carbocycles. The van der Waals surface area contributed by atoms with Crippen molar-refractivity contribution in [1.29, 1.82) is 0 Å². The van der Waals surface area contributed by atoms with E-state index < -0.39 is 27.2 Å². The molecule has 1 rings (SSSR count). The van der Waals surface area contributed by atoms with E-state index in [1.807, 2.05) is 24.3 Å². The van der Waals surface area contributed by atoms with Crippen LogP contribution in [0.15, 0.2) is 29.2 Å². The molecule has 1 atom stereocenters. The van der Waals surface area contributed by atoms with Gasteiger partial charge in [-0.05, 0) is 48.4 Å². The van der Waals surface area contributed by atoms with Gasteiger partial charge in [0.1, 0.15) is 5.75 Å². The molecule has 22 heavy (non-hydrogen) atoms. The van der Waals surface area contributed by atoms with Gasteiger partial charge in [-0.2, -0.15) is 0 Å². The van der Waals surface area contributed by atoms with Gasteiger partial charge in [-0.1, -0.05) is 40.4 Å². The van der Waals surface area contributed by atoms with Crippen LogP contribution < -0.4 is 4.43 Å². The first-order valence-electron chi connectivity index (χ1n) is 7.99. The normalized spacial score (nSPS) is 14.7. The molecule has 0 aliphatic carbocycles. The quantitative estimate of drug-likeness (QED) is 0.628. The van der Waals surface area contributed by atoms with E-state index in [0.717, 1.165) is 22.4 Å². The molecule has 0 heterocycles. The third-order valence-corrected chi connectivity index (χ3v) is 12.1. The van der Waals surface area contributed by atoms with Crippen molar-refractivity contribution in [3.8, 4) is 5.75 Å². The van der Waals surface area contributed by atoms with Crippen molar-refractivity contribution < 1.29 is 8.63 Å². The highest BCUT2D eigenvalue weighted by Gasteiger charge is 2.38. The largest absolute Gasteiger partial charge is 0.544 e. The second-order valence-corrected chi connectivity index (χ2v) is 20.6. The van der Waals surface area contributed by atoms with Crippen molar-refractivity contribution >= 4 is 27.2 Å². The summed E-state index contributed by atoms with van der Waals surface area (Å²) in [6, 6.07) is 8.97. The Morgan fingerprint density at radius 3 is 1.91 bits per heavy atom. The summed E-state index contributed by atoms with van der Waals surface area (Å²) in [5.74, 6) is 1.68. The highest BCUT2D eigenvalue weighted by Crippen LogP contribution is 2.37. The van der Waals surface area contributed by atoms with Crippen molar-refractivity contribution in [1.82, 2.24) is 0 Å². The molecule has 0 radical (unpaired) electrons. The van der Waals surface area contributed by atoms with Crippen LogP contribution in [0, 0.1) is 0 Å². The molecule has 2 nitrogen and oxygen atoms in total. The Hall–Kier alpha value is -0.396. The van der Waals surface area contributed by atoms with Crippen LogP contribution in [0.2, 0.25) is 43.8 Å². The maximum absolute atomic E-state index is 12.3. The van der Waals surface area contributed by atoms with Gasteiger partial charge in [0.15, 0.2) is 0 Å². The molecular weight excluding hydrogens is 324 g/mol. The summed E-state index contributed by atoms with van der Waals surface area (Å²) in [6.07, 6.45) is 0. The Kier molecular flexibility index (Phi) is 6.26. The van der Waals surface area contributed by atoms with E-state index in [9.17, 15) is 4.21 Å². The van der Waals surface area contributed by atoms with Crippen LogP contribution in [0.4, 0.5) is 0 Å². The summed E-state index contributed by atoms with van der Waals surface area (Å²) in [4.78, 5) is 0.917. The number of benzene rings is 1. The summed E-state index contributed by atoms with van der Waals surface area (Å²) in [7, 11) is -3.82. The van der Waals surface area contributed by atoms with Gasteiger partial charge in [0.25, 0.3) is 0 Å². The Balaban J connectivity index is 2.73. The number of hydrogen-bond acceptors (Lipinski definition) is 2. The maximum atomic E-state index is 12.3. The van der Waals surface area contributed by atoms with Gasteiger partial charge in [-0.25, -0.2) is 0 Å². The van der Waals surface area contributed by atoms with E-state index in [2.05, 4.69) is 53.5 Å². The van der Waals surface area contributed by atoms with E-state index >= 15 is 0 Å². The van der Waals surface area contributed by atoms with Crippen LogP contribution in [0.5, 0.6) is 5.75 Å².